The van der Waals surface area contributed by atoms with Crippen molar-refractivity contribution in [3.8, 4) is 0 Å². The molecule has 0 radical (unpaired) electrons. The van der Waals surface area contributed by atoms with E-state index in [1.165, 1.54) is 18.4 Å². The van der Waals surface area contributed by atoms with E-state index in [1.54, 1.807) is 11.3 Å². The number of hydrogen-bond acceptors (Lipinski definition) is 3. The SMILES string of the molecule is CCNC(=NCC(C)c1ccsc1)NCCN(C(C)C)C1CC1. The van der Waals surface area contributed by atoms with Gasteiger partial charge in [-0.1, -0.05) is 6.92 Å². The molecule has 5 heteroatoms. The molecule has 4 nitrogen and oxygen atoms in total. The highest BCUT2D eigenvalue weighted by Crippen LogP contribution is 2.27. The van der Waals surface area contributed by atoms with Crippen LogP contribution in [0.4, 0.5) is 0 Å². The zero-order chi connectivity index (χ0) is 16.7. The Balaban J connectivity index is 1.79. The third-order valence-corrected chi connectivity index (χ3v) is 5.02. The van der Waals surface area contributed by atoms with Gasteiger partial charge in [0.05, 0.1) is 0 Å². The van der Waals surface area contributed by atoms with E-state index in [0.29, 0.717) is 12.0 Å². The summed E-state index contributed by atoms with van der Waals surface area (Å²) >= 11 is 1.76. The first-order valence-corrected chi connectivity index (χ1v) is 9.86. The number of nitrogens with zero attached hydrogens (tertiary/aromatic N) is 2. The molecule has 0 spiro atoms. The van der Waals surface area contributed by atoms with Gasteiger partial charge in [-0.25, -0.2) is 0 Å². The van der Waals surface area contributed by atoms with Gasteiger partial charge >= 0.3 is 0 Å². The van der Waals surface area contributed by atoms with Crippen LogP contribution in [0.25, 0.3) is 0 Å². The van der Waals surface area contributed by atoms with E-state index >= 15 is 0 Å². The molecule has 1 aromatic heterocycles. The minimum Gasteiger partial charge on any atom is -0.357 e. The van der Waals surface area contributed by atoms with Crippen LogP contribution in [0.1, 0.15) is 52.0 Å². The van der Waals surface area contributed by atoms with Crippen LogP contribution in [-0.4, -0.2) is 49.1 Å². The molecule has 2 N–H and O–H groups in total. The lowest BCUT2D eigenvalue weighted by molar-refractivity contribution is 0.215. The first-order valence-electron chi connectivity index (χ1n) is 8.91. The molecule has 130 valence electrons. The molecule has 23 heavy (non-hydrogen) atoms. The lowest BCUT2D eigenvalue weighted by atomic mass is 10.1. The van der Waals surface area contributed by atoms with Crippen molar-refractivity contribution < 1.29 is 0 Å². The topological polar surface area (TPSA) is 39.7 Å². The summed E-state index contributed by atoms with van der Waals surface area (Å²) in [6.07, 6.45) is 2.73. The molecule has 1 aliphatic rings. The maximum Gasteiger partial charge on any atom is 0.191 e. The predicted octanol–water partition coefficient (Wildman–Crippen LogP) is 3.28. The average Bonchev–Trinajstić information content (AvgIpc) is 3.20. The van der Waals surface area contributed by atoms with Crippen LogP contribution in [0.3, 0.4) is 0 Å². The first-order chi connectivity index (χ1) is 11.1. The average molecular weight is 337 g/mol. The Morgan fingerprint density at radius 3 is 2.70 bits per heavy atom. The molecule has 0 aliphatic heterocycles. The summed E-state index contributed by atoms with van der Waals surface area (Å²) in [7, 11) is 0. The van der Waals surface area contributed by atoms with Gasteiger partial charge in [0, 0.05) is 44.2 Å². The Bertz CT molecular complexity index is 463. The smallest absolute Gasteiger partial charge is 0.191 e. The fraction of sp³-hybridized carbons (Fsp3) is 0.722. The van der Waals surface area contributed by atoms with E-state index in [9.17, 15) is 0 Å². The van der Waals surface area contributed by atoms with Gasteiger partial charge in [-0.15, -0.1) is 0 Å². The van der Waals surface area contributed by atoms with Crippen LogP contribution < -0.4 is 10.6 Å². The molecule has 0 saturated heterocycles. The third-order valence-electron chi connectivity index (χ3n) is 4.32. The Hall–Kier alpha value is -1.07. The van der Waals surface area contributed by atoms with Crippen LogP contribution in [0.2, 0.25) is 0 Å². The molecule has 1 aliphatic carbocycles. The van der Waals surface area contributed by atoms with Crippen molar-refractivity contribution in [3.05, 3.63) is 22.4 Å². The summed E-state index contributed by atoms with van der Waals surface area (Å²) in [4.78, 5) is 7.35. The van der Waals surface area contributed by atoms with Gasteiger partial charge in [-0.3, -0.25) is 9.89 Å². The van der Waals surface area contributed by atoms with Gasteiger partial charge < -0.3 is 10.6 Å². The highest BCUT2D eigenvalue weighted by molar-refractivity contribution is 7.07. The van der Waals surface area contributed by atoms with E-state index < -0.39 is 0 Å². The van der Waals surface area contributed by atoms with Crippen molar-refractivity contribution in [1.29, 1.82) is 0 Å². The highest BCUT2D eigenvalue weighted by Gasteiger charge is 2.30. The second kappa shape index (κ2) is 9.28. The largest absolute Gasteiger partial charge is 0.357 e. The van der Waals surface area contributed by atoms with Gasteiger partial charge in [0.2, 0.25) is 0 Å². The predicted molar refractivity (Wildman–Crippen MR) is 102 cm³/mol. The summed E-state index contributed by atoms with van der Waals surface area (Å²) in [6, 6.07) is 3.64. The molecule has 1 atom stereocenters. The quantitative estimate of drug-likeness (QED) is 0.537. The van der Waals surface area contributed by atoms with Crippen molar-refractivity contribution in [2.45, 2.75) is 58.5 Å². The van der Waals surface area contributed by atoms with Gasteiger partial charge in [-0.05, 0) is 56.0 Å². The normalized spacial score (nSPS) is 16.9. The third kappa shape index (κ3) is 6.15. The van der Waals surface area contributed by atoms with Crippen molar-refractivity contribution in [1.82, 2.24) is 15.5 Å². The zero-order valence-corrected chi connectivity index (χ0v) is 15.8. The molecule has 0 aromatic carbocycles. The Kier molecular flexibility index (Phi) is 7.37. The zero-order valence-electron chi connectivity index (χ0n) is 15.0. The van der Waals surface area contributed by atoms with Gasteiger partial charge in [-0.2, -0.15) is 11.3 Å². The fourth-order valence-electron chi connectivity index (χ4n) is 2.80. The minimum atomic E-state index is 0.468. The summed E-state index contributed by atoms with van der Waals surface area (Å²) in [5.74, 6) is 1.41. The van der Waals surface area contributed by atoms with Crippen LogP contribution in [0.15, 0.2) is 21.8 Å². The monoisotopic (exact) mass is 336 g/mol. The summed E-state index contributed by atoms with van der Waals surface area (Å²) in [6.45, 7) is 12.7. The van der Waals surface area contributed by atoms with Gasteiger partial charge in [0.25, 0.3) is 0 Å². The highest BCUT2D eigenvalue weighted by atomic mass is 32.1. The number of hydrogen-bond donors (Lipinski definition) is 2. The van der Waals surface area contributed by atoms with Crippen molar-refractivity contribution in [3.63, 3.8) is 0 Å². The van der Waals surface area contributed by atoms with Crippen molar-refractivity contribution in [2.75, 3.05) is 26.2 Å². The lowest BCUT2D eigenvalue weighted by Gasteiger charge is -2.26. The maximum absolute atomic E-state index is 4.75. The molecular formula is C18H32N4S. The van der Waals surface area contributed by atoms with Crippen LogP contribution >= 0.6 is 11.3 Å². The molecule has 0 bridgehead atoms. The van der Waals surface area contributed by atoms with E-state index in [4.69, 9.17) is 4.99 Å². The van der Waals surface area contributed by atoms with E-state index in [0.717, 1.165) is 38.2 Å². The molecule has 2 rings (SSSR count). The molecule has 1 aromatic rings. The summed E-state index contributed by atoms with van der Waals surface area (Å²) in [5, 5.41) is 11.2. The Morgan fingerprint density at radius 1 is 1.35 bits per heavy atom. The van der Waals surface area contributed by atoms with Gasteiger partial charge in [0.15, 0.2) is 5.96 Å². The van der Waals surface area contributed by atoms with Crippen molar-refractivity contribution in [2.24, 2.45) is 4.99 Å². The maximum atomic E-state index is 4.75. The van der Waals surface area contributed by atoms with Crippen LogP contribution in [-0.2, 0) is 0 Å². The van der Waals surface area contributed by atoms with E-state index in [-0.39, 0.29) is 0 Å². The van der Waals surface area contributed by atoms with E-state index in [2.05, 4.69) is 60.1 Å². The van der Waals surface area contributed by atoms with Crippen molar-refractivity contribution >= 4 is 17.3 Å². The summed E-state index contributed by atoms with van der Waals surface area (Å²) < 4.78 is 0. The summed E-state index contributed by atoms with van der Waals surface area (Å²) in [5.41, 5.74) is 1.38. The second-order valence-corrected chi connectivity index (χ2v) is 7.45. The number of thiophene rings is 1. The van der Waals surface area contributed by atoms with Crippen LogP contribution in [0, 0.1) is 0 Å². The number of guanidine groups is 1. The van der Waals surface area contributed by atoms with E-state index in [1.807, 2.05) is 0 Å². The molecule has 0 amide bonds. The Morgan fingerprint density at radius 2 is 2.13 bits per heavy atom. The fourth-order valence-corrected chi connectivity index (χ4v) is 3.59. The molecule has 1 unspecified atom stereocenters. The number of aliphatic imine (C=N–C) groups is 1. The van der Waals surface area contributed by atoms with Crippen LogP contribution in [0.5, 0.6) is 0 Å². The first kappa shape index (κ1) is 18.3. The minimum absolute atomic E-state index is 0.468. The number of nitrogens with one attached hydrogen (secondary N) is 2. The molecule has 1 fully saturated rings. The van der Waals surface area contributed by atoms with Gasteiger partial charge in [0.1, 0.15) is 0 Å². The number of rotatable bonds is 9. The molecule has 1 heterocycles. The Labute approximate surface area is 145 Å². The molecular weight excluding hydrogens is 304 g/mol. The molecule has 1 saturated carbocycles. The standard InChI is InChI=1S/C18H32N4S/c1-5-19-18(21-12-15(4)16-8-11-23-13-16)20-9-10-22(14(2)3)17-6-7-17/h8,11,13-15,17H,5-7,9-10,12H2,1-4H3,(H2,19,20,21). The lowest BCUT2D eigenvalue weighted by Crippen LogP contribution is -2.44. The second-order valence-electron chi connectivity index (χ2n) is 6.67.